The molecule has 0 saturated heterocycles. The van der Waals surface area contributed by atoms with Gasteiger partial charge in [-0.25, -0.2) is 12.8 Å². The number of halogens is 1. The topological polar surface area (TPSA) is 61.2 Å². The van der Waals surface area contributed by atoms with Crippen LogP contribution >= 0.6 is 0 Å². The van der Waals surface area contributed by atoms with E-state index in [9.17, 15) is 12.8 Å². The van der Waals surface area contributed by atoms with Crippen molar-refractivity contribution in [2.45, 2.75) is 19.9 Å². The second-order valence-electron chi connectivity index (χ2n) is 5.09. The van der Waals surface area contributed by atoms with Crippen molar-refractivity contribution in [3.63, 3.8) is 0 Å². The van der Waals surface area contributed by atoms with Gasteiger partial charge in [0.25, 0.3) is 0 Å². The molecule has 4 nitrogen and oxygen atoms in total. The van der Waals surface area contributed by atoms with Crippen molar-refractivity contribution in [1.82, 2.24) is 0 Å². The largest absolute Gasteiger partial charge is 0.263 e. The maximum atomic E-state index is 13.1. The molecule has 0 aromatic heterocycles. The van der Waals surface area contributed by atoms with Gasteiger partial charge in [0, 0.05) is 0 Å². The third-order valence-electron chi connectivity index (χ3n) is 3.60. The van der Waals surface area contributed by atoms with E-state index in [1.54, 1.807) is 44.2 Å². The average molecular weight is 332 g/mol. The number of anilines is 1. The van der Waals surface area contributed by atoms with E-state index in [-0.39, 0.29) is 11.6 Å². The summed E-state index contributed by atoms with van der Waals surface area (Å²) in [6, 6.07) is 13.6. The Kier molecular flexibility index (Phi) is 5.02. The van der Waals surface area contributed by atoms with Gasteiger partial charge in [-0.3, -0.25) is 4.31 Å². The lowest BCUT2D eigenvalue weighted by Crippen LogP contribution is -2.34. The number of nitriles is 1. The van der Waals surface area contributed by atoms with Crippen molar-refractivity contribution in [2.75, 3.05) is 10.1 Å². The van der Waals surface area contributed by atoms with E-state index in [0.29, 0.717) is 16.8 Å². The summed E-state index contributed by atoms with van der Waals surface area (Å²) >= 11 is 0. The van der Waals surface area contributed by atoms with Gasteiger partial charge in [-0.05, 0) is 49.7 Å². The van der Waals surface area contributed by atoms with E-state index in [1.807, 2.05) is 6.07 Å². The monoisotopic (exact) mass is 332 g/mol. The lowest BCUT2D eigenvalue weighted by Gasteiger charge is -2.30. The number of rotatable bonds is 5. The van der Waals surface area contributed by atoms with Gasteiger partial charge in [-0.15, -0.1) is 0 Å². The molecule has 2 rings (SSSR count). The lowest BCUT2D eigenvalue weighted by atomic mass is 10.1. The summed E-state index contributed by atoms with van der Waals surface area (Å²) in [5.74, 6) is -0.452. The van der Waals surface area contributed by atoms with Gasteiger partial charge < -0.3 is 0 Å². The molecule has 0 aliphatic carbocycles. The molecular formula is C17H17FN2O2S. The molecule has 2 aromatic carbocycles. The highest BCUT2D eigenvalue weighted by atomic mass is 32.2. The molecule has 2 aromatic rings. The highest BCUT2D eigenvalue weighted by Gasteiger charge is 2.27. The standard InChI is InChI=1S/C17H17FN2O2S/c1-3-23(21,22)20(17-6-4-5-14(11-17)12-19)13(2)15-7-9-16(18)10-8-15/h4-11,13H,3H2,1-2H3/t13-/m1/s1. The number of benzene rings is 2. The molecule has 0 bridgehead atoms. The van der Waals surface area contributed by atoms with Crippen molar-refractivity contribution in [2.24, 2.45) is 0 Å². The molecule has 0 radical (unpaired) electrons. The third-order valence-corrected chi connectivity index (χ3v) is 5.45. The predicted octanol–water partition coefficient (Wildman–Crippen LogP) is 3.61. The fourth-order valence-corrected chi connectivity index (χ4v) is 3.67. The van der Waals surface area contributed by atoms with E-state index in [0.717, 1.165) is 0 Å². The molecule has 1 atom stereocenters. The molecule has 0 heterocycles. The van der Waals surface area contributed by atoms with E-state index in [4.69, 9.17) is 5.26 Å². The molecule has 0 spiro atoms. The molecule has 6 heteroatoms. The molecule has 0 unspecified atom stereocenters. The van der Waals surface area contributed by atoms with Crippen LogP contribution in [0.4, 0.5) is 10.1 Å². The summed E-state index contributed by atoms with van der Waals surface area (Å²) in [7, 11) is -3.57. The number of nitrogens with zero attached hydrogens (tertiary/aromatic N) is 2. The van der Waals surface area contributed by atoms with Crippen LogP contribution < -0.4 is 4.31 Å². The van der Waals surface area contributed by atoms with Gasteiger partial charge in [0.2, 0.25) is 10.0 Å². The Balaban J connectivity index is 2.54. The SMILES string of the molecule is CCS(=O)(=O)N(c1cccc(C#N)c1)[C@H](C)c1ccc(F)cc1. The molecule has 0 saturated carbocycles. The second kappa shape index (κ2) is 6.80. The van der Waals surface area contributed by atoms with Crippen LogP contribution in [0.2, 0.25) is 0 Å². The van der Waals surface area contributed by atoms with Crippen LogP contribution in [0, 0.1) is 17.1 Å². The molecule has 120 valence electrons. The Hall–Kier alpha value is -2.39. The van der Waals surface area contributed by atoms with Gasteiger partial charge in [0.1, 0.15) is 5.82 Å². The molecule has 0 fully saturated rings. The van der Waals surface area contributed by atoms with Crippen LogP contribution in [0.5, 0.6) is 0 Å². The first-order valence-corrected chi connectivity index (χ1v) is 8.77. The number of sulfonamides is 1. The summed E-state index contributed by atoms with van der Waals surface area (Å²) in [6.07, 6.45) is 0. The van der Waals surface area contributed by atoms with Gasteiger partial charge in [0.05, 0.1) is 29.1 Å². The summed E-state index contributed by atoms with van der Waals surface area (Å²) in [6.45, 7) is 3.30. The second-order valence-corrected chi connectivity index (χ2v) is 7.22. The first-order chi connectivity index (χ1) is 10.9. The highest BCUT2D eigenvalue weighted by Crippen LogP contribution is 2.30. The number of hydrogen-bond acceptors (Lipinski definition) is 3. The minimum atomic E-state index is -3.57. The van der Waals surface area contributed by atoms with Crippen LogP contribution in [0.15, 0.2) is 48.5 Å². The maximum Gasteiger partial charge on any atom is 0.235 e. The zero-order valence-corrected chi connectivity index (χ0v) is 13.7. The summed E-state index contributed by atoms with van der Waals surface area (Å²) in [5.41, 5.74) is 1.47. The van der Waals surface area contributed by atoms with Gasteiger partial charge in [0.15, 0.2) is 0 Å². The van der Waals surface area contributed by atoms with E-state index in [1.165, 1.54) is 22.5 Å². The first kappa shape index (κ1) is 17.0. The fourth-order valence-electron chi connectivity index (χ4n) is 2.35. The molecule has 0 aliphatic heterocycles. The Morgan fingerprint density at radius 2 is 1.87 bits per heavy atom. The Morgan fingerprint density at radius 1 is 1.22 bits per heavy atom. The molecule has 0 aliphatic rings. The predicted molar refractivity (Wildman–Crippen MR) is 87.9 cm³/mol. The summed E-state index contributed by atoms with van der Waals surface area (Å²) < 4.78 is 39.5. The minimum Gasteiger partial charge on any atom is -0.263 e. The van der Waals surface area contributed by atoms with E-state index in [2.05, 4.69) is 0 Å². The average Bonchev–Trinajstić information content (AvgIpc) is 2.55. The number of hydrogen-bond donors (Lipinski definition) is 0. The van der Waals surface area contributed by atoms with Crippen LogP contribution in [0.3, 0.4) is 0 Å². The maximum absolute atomic E-state index is 13.1. The zero-order chi connectivity index (χ0) is 17.0. The van der Waals surface area contributed by atoms with Crippen molar-refractivity contribution < 1.29 is 12.8 Å². The van der Waals surface area contributed by atoms with Crippen molar-refractivity contribution in [3.05, 3.63) is 65.5 Å². The lowest BCUT2D eigenvalue weighted by molar-refractivity contribution is 0.583. The van der Waals surface area contributed by atoms with Gasteiger partial charge >= 0.3 is 0 Å². The van der Waals surface area contributed by atoms with Gasteiger partial charge in [-0.1, -0.05) is 18.2 Å². The van der Waals surface area contributed by atoms with Crippen LogP contribution in [0.25, 0.3) is 0 Å². The van der Waals surface area contributed by atoms with E-state index >= 15 is 0 Å². The molecule has 0 N–H and O–H groups in total. The van der Waals surface area contributed by atoms with Crippen molar-refractivity contribution in [3.8, 4) is 6.07 Å². The Bertz CT molecular complexity index is 826. The minimum absolute atomic E-state index is 0.0741. The quantitative estimate of drug-likeness (QED) is 0.840. The van der Waals surface area contributed by atoms with Crippen molar-refractivity contribution in [1.29, 1.82) is 5.26 Å². The Labute approximate surface area is 135 Å². The van der Waals surface area contributed by atoms with E-state index < -0.39 is 16.1 Å². The smallest absolute Gasteiger partial charge is 0.235 e. The van der Waals surface area contributed by atoms with Crippen molar-refractivity contribution >= 4 is 15.7 Å². The summed E-state index contributed by atoms with van der Waals surface area (Å²) in [5, 5.41) is 9.03. The first-order valence-electron chi connectivity index (χ1n) is 7.16. The van der Waals surface area contributed by atoms with Crippen LogP contribution in [0.1, 0.15) is 31.0 Å². The van der Waals surface area contributed by atoms with Gasteiger partial charge in [-0.2, -0.15) is 5.26 Å². The Morgan fingerprint density at radius 3 is 2.43 bits per heavy atom. The van der Waals surface area contributed by atoms with Crippen LogP contribution in [-0.4, -0.2) is 14.2 Å². The fraction of sp³-hybridized carbons (Fsp3) is 0.235. The normalized spacial score (nSPS) is 12.4. The van der Waals surface area contributed by atoms with Crippen LogP contribution in [-0.2, 0) is 10.0 Å². The molecular weight excluding hydrogens is 315 g/mol. The molecule has 0 amide bonds. The zero-order valence-electron chi connectivity index (χ0n) is 12.9. The molecule has 23 heavy (non-hydrogen) atoms. The summed E-state index contributed by atoms with van der Waals surface area (Å²) in [4.78, 5) is 0. The highest BCUT2D eigenvalue weighted by molar-refractivity contribution is 7.92. The third kappa shape index (κ3) is 3.69.